The van der Waals surface area contributed by atoms with Gasteiger partial charge in [0, 0.05) is 6.42 Å². The van der Waals surface area contributed by atoms with E-state index in [0.717, 1.165) is 0 Å². The molecule has 0 fully saturated rings. The van der Waals surface area contributed by atoms with Crippen molar-refractivity contribution in [3.05, 3.63) is 0 Å². The lowest BCUT2D eigenvalue weighted by atomic mass is 10.1. The zero-order valence-corrected chi connectivity index (χ0v) is 11.0. The molecule has 0 saturated heterocycles. The van der Waals surface area contributed by atoms with Gasteiger partial charge >= 0.3 is 5.97 Å². The predicted octanol–water partition coefficient (Wildman–Crippen LogP) is -0.963. The molecule has 18 heavy (non-hydrogen) atoms. The number of nitrogens with two attached hydrogens (primary N) is 2. The summed E-state index contributed by atoms with van der Waals surface area (Å²) in [7, 11) is 0. The number of primary amides is 1. The molecule has 104 valence electrons. The normalized spacial score (nSPS) is 12.7. The van der Waals surface area contributed by atoms with Crippen LogP contribution in [0.2, 0.25) is 0 Å². The van der Waals surface area contributed by atoms with Crippen molar-refractivity contribution in [2.75, 3.05) is 6.54 Å². The molecule has 0 rings (SSSR count). The number of carbonyl (C=O) groups excluding carboxylic acids is 3. The van der Waals surface area contributed by atoms with Crippen LogP contribution in [-0.2, 0) is 19.1 Å². The number of amides is 2. The van der Waals surface area contributed by atoms with E-state index in [9.17, 15) is 14.4 Å². The molecular formula is C11H21N3O4. The molecule has 0 aliphatic carbocycles. The van der Waals surface area contributed by atoms with Crippen LogP contribution < -0.4 is 16.8 Å². The van der Waals surface area contributed by atoms with E-state index in [1.54, 1.807) is 20.8 Å². The molecule has 7 nitrogen and oxygen atoms in total. The van der Waals surface area contributed by atoms with Crippen molar-refractivity contribution in [1.82, 2.24) is 5.32 Å². The van der Waals surface area contributed by atoms with Gasteiger partial charge in [-0.2, -0.15) is 0 Å². The Morgan fingerprint density at radius 3 is 2.22 bits per heavy atom. The highest BCUT2D eigenvalue weighted by molar-refractivity contribution is 5.87. The lowest BCUT2D eigenvalue weighted by Crippen LogP contribution is -2.46. The third kappa shape index (κ3) is 7.61. The van der Waals surface area contributed by atoms with Crippen molar-refractivity contribution in [2.24, 2.45) is 11.5 Å². The fourth-order valence-electron chi connectivity index (χ4n) is 1.19. The maximum absolute atomic E-state index is 11.4. The molecule has 1 unspecified atom stereocenters. The summed E-state index contributed by atoms with van der Waals surface area (Å²) in [4.78, 5) is 33.5. The molecule has 0 aromatic heterocycles. The number of carbonyl (C=O) groups is 3. The highest BCUT2D eigenvalue weighted by Gasteiger charge is 2.21. The van der Waals surface area contributed by atoms with Crippen molar-refractivity contribution in [2.45, 2.75) is 45.3 Å². The SMILES string of the molecule is CC(C)(C)OC(=O)CCC(NC(=O)CN)C(N)=O. The fraction of sp³-hybridized carbons (Fsp3) is 0.727. The third-order valence-corrected chi connectivity index (χ3v) is 1.92. The summed E-state index contributed by atoms with van der Waals surface area (Å²) >= 11 is 0. The highest BCUT2D eigenvalue weighted by Crippen LogP contribution is 2.10. The van der Waals surface area contributed by atoms with Gasteiger partial charge in [0.05, 0.1) is 6.54 Å². The Balaban J connectivity index is 4.24. The maximum Gasteiger partial charge on any atom is 0.306 e. The summed E-state index contributed by atoms with van der Waals surface area (Å²) < 4.78 is 5.07. The van der Waals surface area contributed by atoms with E-state index in [1.807, 2.05) is 0 Å². The summed E-state index contributed by atoms with van der Waals surface area (Å²) in [5, 5.41) is 2.34. The van der Waals surface area contributed by atoms with Crippen molar-refractivity contribution >= 4 is 17.8 Å². The monoisotopic (exact) mass is 259 g/mol. The van der Waals surface area contributed by atoms with Crippen LogP contribution in [0.4, 0.5) is 0 Å². The first-order valence-corrected chi connectivity index (χ1v) is 5.66. The van der Waals surface area contributed by atoms with Gasteiger partial charge in [0.1, 0.15) is 11.6 Å². The molecule has 0 heterocycles. The van der Waals surface area contributed by atoms with Crippen molar-refractivity contribution in [3.63, 3.8) is 0 Å². The summed E-state index contributed by atoms with van der Waals surface area (Å²) in [6, 6.07) is -0.909. The molecule has 2 amide bonds. The van der Waals surface area contributed by atoms with E-state index >= 15 is 0 Å². The molecule has 0 aromatic carbocycles. The van der Waals surface area contributed by atoms with Crippen LogP contribution in [0, 0.1) is 0 Å². The van der Waals surface area contributed by atoms with Crippen molar-refractivity contribution in [1.29, 1.82) is 0 Å². The van der Waals surface area contributed by atoms with E-state index in [4.69, 9.17) is 16.2 Å². The molecule has 0 spiro atoms. The molecular weight excluding hydrogens is 238 g/mol. The van der Waals surface area contributed by atoms with E-state index in [-0.39, 0.29) is 19.4 Å². The van der Waals surface area contributed by atoms with E-state index in [0.29, 0.717) is 0 Å². The number of hydrogen-bond donors (Lipinski definition) is 3. The van der Waals surface area contributed by atoms with Crippen LogP contribution in [0.1, 0.15) is 33.6 Å². The highest BCUT2D eigenvalue weighted by atomic mass is 16.6. The lowest BCUT2D eigenvalue weighted by molar-refractivity contribution is -0.155. The number of rotatable bonds is 6. The Hall–Kier alpha value is -1.63. The molecule has 0 saturated carbocycles. The first-order chi connectivity index (χ1) is 8.15. The molecule has 1 atom stereocenters. The maximum atomic E-state index is 11.4. The van der Waals surface area contributed by atoms with Crippen LogP contribution in [-0.4, -0.2) is 36.0 Å². The van der Waals surface area contributed by atoms with Gasteiger partial charge in [-0.25, -0.2) is 0 Å². The minimum Gasteiger partial charge on any atom is -0.460 e. The Bertz CT molecular complexity index is 323. The van der Waals surface area contributed by atoms with Crippen molar-refractivity contribution < 1.29 is 19.1 Å². The topological polar surface area (TPSA) is 125 Å². The van der Waals surface area contributed by atoms with E-state index < -0.39 is 29.4 Å². The van der Waals surface area contributed by atoms with Crippen LogP contribution in [0.5, 0.6) is 0 Å². The summed E-state index contributed by atoms with van der Waals surface area (Å²) in [5.41, 5.74) is 9.63. The van der Waals surface area contributed by atoms with E-state index in [1.165, 1.54) is 0 Å². The average Bonchev–Trinajstić information content (AvgIpc) is 2.20. The number of hydrogen-bond acceptors (Lipinski definition) is 5. The number of nitrogens with one attached hydrogen (secondary N) is 1. The quantitative estimate of drug-likeness (QED) is 0.530. The van der Waals surface area contributed by atoms with Crippen LogP contribution >= 0.6 is 0 Å². The molecule has 0 aliphatic heterocycles. The summed E-state index contributed by atoms with van der Waals surface area (Å²) in [5.74, 6) is -1.65. The second-order valence-corrected chi connectivity index (χ2v) is 4.85. The van der Waals surface area contributed by atoms with Gasteiger partial charge in [0.25, 0.3) is 0 Å². The van der Waals surface area contributed by atoms with Crippen LogP contribution in [0.25, 0.3) is 0 Å². The average molecular weight is 259 g/mol. The van der Waals surface area contributed by atoms with Gasteiger partial charge in [0.2, 0.25) is 11.8 Å². The molecule has 0 aromatic rings. The van der Waals surface area contributed by atoms with Gasteiger partial charge in [-0.3, -0.25) is 14.4 Å². The third-order valence-electron chi connectivity index (χ3n) is 1.92. The Labute approximate surface area is 106 Å². The Kier molecular flexibility index (Phi) is 6.32. The predicted molar refractivity (Wildman–Crippen MR) is 65.3 cm³/mol. The first-order valence-electron chi connectivity index (χ1n) is 5.66. The fourth-order valence-corrected chi connectivity index (χ4v) is 1.19. The molecule has 0 aliphatic rings. The van der Waals surface area contributed by atoms with E-state index in [2.05, 4.69) is 5.32 Å². The first kappa shape index (κ1) is 16.4. The minimum atomic E-state index is -0.909. The summed E-state index contributed by atoms with van der Waals surface area (Å²) in [6.07, 6.45) is 0.0890. The number of esters is 1. The Morgan fingerprint density at radius 2 is 1.83 bits per heavy atom. The standard InChI is InChI=1S/C11H21N3O4/c1-11(2,3)18-9(16)5-4-7(10(13)17)14-8(15)6-12/h7H,4-6,12H2,1-3H3,(H2,13,17)(H,14,15). The van der Waals surface area contributed by atoms with Gasteiger partial charge in [-0.1, -0.05) is 0 Å². The molecule has 0 bridgehead atoms. The zero-order valence-electron chi connectivity index (χ0n) is 11.0. The summed E-state index contributed by atoms with van der Waals surface area (Å²) in [6.45, 7) is 4.99. The smallest absolute Gasteiger partial charge is 0.306 e. The lowest BCUT2D eigenvalue weighted by Gasteiger charge is -2.20. The van der Waals surface area contributed by atoms with Gasteiger partial charge < -0.3 is 21.5 Å². The van der Waals surface area contributed by atoms with Crippen LogP contribution in [0.3, 0.4) is 0 Å². The second-order valence-electron chi connectivity index (χ2n) is 4.85. The molecule has 0 radical (unpaired) electrons. The zero-order chi connectivity index (χ0) is 14.3. The molecule has 7 heteroatoms. The number of ether oxygens (including phenoxy) is 1. The molecule has 5 N–H and O–H groups in total. The minimum absolute atomic E-state index is 0.00424. The largest absolute Gasteiger partial charge is 0.460 e. The van der Waals surface area contributed by atoms with Crippen LogP contribution in [0.15, 0.2) is 0 Å². The van der Waals surface area contributed by atoms with Gasteiger partial charge in [0.15, 0.2) is 0 Å². The van der Waals surface area contributed by atoms with Gasteiger partial charge in [-0.15, -0.1) is 0 Å². The Morgan fingerprint density at radius 1 is 1.28 bits per heavy atom. The van der Waals surface area contributed by atoms with Crippen molar-refractivity contribution in [3.8, 4) is 0 Å². The second kappa shape index (κ2) is 6.95. The van der Waals surface area contributed by atoms with Gasteiger partial charge in [-0.05, 0) is 27.2 Å².